The summed E-state index contributed by atoms with van der Waals surface area (Å²) in [7, 11) is 1.54. The van der Waals surface area contributed by atoms with E-state index in [1.165, 1.54) is 0 Å². The first-order chi connectivity index (χ1) is 11.0. The van der Waals surface area contributed by atoms with Gasteiger partial charge in [0.15, 0.2) is 0 Å². The first-order valence-corrected chi connectivity index (χ1v) is 7.29. The second kappa shape index (κ2) is 7.52. The van der Waals surface area contributed by atoms with Crippen molar-refractivity contribution in [3.63, 3.8) is 0 Å². The van der Waals surface area contributed by atoms with Crippen LogP contribution < -0.4 is 15.4 Å². The lowest BCUT2D eigenvalue weighted by Gasteiger charge is -2.13. The molecule has 0 unspecified atom stereocenters. The molecular weight excluding hydrogens is 314 g/mol. The lowest BCUT2D eigenvalue weighted by molar-refractivity contribution is -0.114. The number of carbonyl (C=O) groups excluding carboxylic acids is 1. The van der Waals surface area contributed by atoms with Crippen molar-refractivity contribution >= 4 is 28.9 Å². The maximum Gasteiger partial charge on any atom is 0.243 e. The van der Waals surface area contributed by atoms with Crippen LogP contribution in [0.25, 0.3) is 0 Å². The summed E-state index contributed by atoms with van der Waals surface area (Å²) in [4.78, 5) is 12.0. The van der Waals surface area contributed by atoms with Gasteiger partial charge in [0, 0.05) is 16.8 Å². The molecule has 0 aliphatic carbocycles. The van der Waals surface area contributed by atoms with E-state index in [1.807, 2.05) is 19.1 Å². The largest absolute Gasteiger partial charge is 0.495 e. The Morgan fingerprint density at radius 3 is 2.83 bits per heavy atom. The number of rotatable bonds is 5. The predicted molar refractivity (Wildman–Crippen MR) is 91.0 cm³/mol. The summed E-state index contributed by atoms with van der Waals surface area (Å²) in [5.74, 6) is 0.342. The number of hydrogen-bond acceptors (Lipinski definition) is 4. The summed E-state index contributed by atoms with van der Waals surface area (Å²) in [5.41, 5.74) is 2.65. The van der Waals surface area contributed by atoms with Crippen molar-refractivity contribution in [1.82, 2.24) is 0 Å². The molecule has 2 aromatic rings. The number of halogens is 1. The van der Waals surface area contributed by atoms with Crippen LogP contribution in [0.4, 0.5) is 11.4 Å². The molecule has 6 heteroatoms. The number of amides is 1. The third kappa shape index (κ3) is 4.38. The molecule has 0 aromatic heterocycles. The van der Waals surface area contributed by atoms with Gasteiger partial charge in [-0.3, -0.25) is 4.79 Å². The fraction of sp³-hybridized carbons (Fsp3) is 0.176. The first-order valence-electron chi connectivity index (χ1n) is 6.91. The minimum atomic E-state index is -0.227. The second-order valence-electron chi connectivity index (χ2n) is 4.90. The summed E-state index contributed by atoms with van der Waals surface area (Å²) in [6.07, 6.45) is 0. The molecule has 0 aliphatic heterocycles. The van der Waals surface area contributed by atoms with Crippen LogP contribution in [0.5, 0.6) is 5.75 Å². The van der Waals surface area contributed by atoms with Crippen LogP contribution in [0, 0.1) is 18.3 Å². The van der Waals surface area contributed by atoms with Crippen molar-refractivity contribution < 1.29 is 9.53 Å². The Bertz CT molecular complexity index is 769. The number of nitriles is 1. The molecule has 0 saturated heterocycles. The molecule has 0 aliphatic rings. The van der Waals surface area contributed by atoms with Crippen LogP contribution in [-0.4, -0.2) is 19.6 Å². The normalized spacial score (nSPS) is 9.83. The fourth-order valence-corrected chi connectivity index (χ4v) is 2.17. The number of carbonyl (C=O) groups is 1. The van der Waals surface area contributed by atoms with Crippen molar-refractivity contribution in [3.05, 3.63) is 52.5 Å². The highest BCUT2D eigenvalue weighted by atomic mass is 35.5. The summed E-state index contributed by atoms with van der Waals surface area (Å²) in [6, 6.07) is 12.3. The molecule has 0 spiro atoms. The molecule has 0 radical (unpaired) electrons. The highest BCUT2D eigenvalue weighted by molar-refractivity contribution is 6.31. The molecule has 0 fully saturated rings. The highest BCUT2D eigenvalue weighted by Gasteiger charge is 2.09. The molecule has 0 saturated carbocycles. The van der Waals surface area contributed by atoms with E-state index in [1.54, 1.807) is 37.4 Å². The van der Waals surface area contributed by atoms with Crippen LogP contribution in [-0.2, 0) is 4.79 Å². The number of anilines is 2. The Labute approximate surface area is 139 Å². The number of methoxy groups -OCH3 is 1. The summed E-state index contributed by atoms with van der Waals surface area (Å²) >= 11 is 6.05. The van der Waals surface area contributed by atoms with E-state index >= 15 is 0 Å². The van der Waals surface area contributed by atoms with E-state index in [4.69, 9.17) is 21.6 Å². The molecule has 2 N–H and O–H groups in total. The molecule has 0 atom stereocenters. The van der Waals surface area contributed by atoms with Crippen LogP contribution >= 0.6 is 11.6 Å². The standard InChI is InChI=1S/C17H16ClN3O2/c1-11-6-15(16(23-2)8-14(11)18)20-10-17(22)21-13-5-3-4-12(7-13)9-19/h3-8,20H,10H2,1-2H3,(H,21,22). The average molecular weight is 330 g/mol. The molecule has 0 heterocycles. The minimum Gasteiger partial charge on any atom is -0.495 e. The Morgan fingerprint density at radius 2 is 2.13 bits per heavy atom. The Hall–Kier alpha value is -2.71. The topological polar surface area (TPSA) is 74.2 Å². The van der Waals surface area contributed by atoms with Gasteiger partial charge in [0.2, 0.25) is 5.91 Å². The molecule has 23 heavy (non-hydrogen) atoms. The molecular formula is C17H16ClN3O2. The number of aryl methyl sites for hydroxylation is 1. The van der Waals surface area contributed by atoms with Gasteiger partial charge in [-0.05, 0) is 36.8 Å². The monoisotopic (exact) mass is 329 g/mol. The van der Waals surface area contributed by atoms with E-state index in [0.717, 1.165) is 5.56 Å². The molecule has 0 bridgehead atoms. The third-order valence-electron chi connectivity index (χ3n) is 3.20. The number of hydrogen-bond donors (Lipinski definition) is 2. The fourth-order valence-electron chi connectivity index (χ4n) is 2.02. The first kappa shape index (κ1) is 16.7. The van der Waals surface area contributed by atoms with Gasteiger partial charge >= 0.3 is 0 Å². The molecule has 118 valence electrons. The molecule has 1 amide bonds. The highest BCUT2D eigenvalue weighted by Crippen LogP contribution is 2.30. The van der Waals surface area contributed by atoms with Gasteiger partial charge in [-0.2, -0.15) is 5.26 Å². The molecule has 2 aromatic carbocycles. The van der Waals surface area contributed by atoms with Gasteiger partial charge in [0.1, 0.15) is 5.75 Å². The van der Waals surface area contributed by atoms with E-state index in [9.17, 15) is 4.79 Å². The van der Waals surface area contributed by atoms with Gasteiger partial charge in [0.25, 0.3) is 0 Å². The zero-order valence-corrected chi connectivity index (χ0v) is 13.6. The zero-order chi connectivity index (χ0) is 16.8. The van der Waals surface area contributed by atoms with E-state index in [0.29, 0.717) is 27.7 Å². The maximum absolute atomic E-state index is 12.0. The third-order valence-corrected chi connectivity index (χ3v) is 3.60. The van der Waals surface area contributed by atoms with Crippen LogP contribution in [0.15, 0.2) is 36.4 Å². The Balaban J connectivity index is 2.02. The van der Waals surface area contributed by atoms with Gasteiger partial charge in [0.05, 0.1) is 31.0 Å². The van der Waals surface area contributed by atoms with Crippen LogP contribution in [0.1, 0.15) is 11.1 Å². The van der Waals surface area contributed by atoms with Gasteiger partial charge in [-0.25, -0.2) is 0 Å². The zero-order valence-electron chi connectivity index (χ0n) is 12.8. The van der Waals surface area contributed by atoms with Crippen molar-refractivity contribution in [2.75, 3.05) is 24.3 Å². The van der Waals surface area contributed by atoms with Gasteiger partial charge in [-0.1, -0.05) is 17.7 Å². The van der Waals surface area contributed by atoms with E-state index < -0.39 is 0 Å². The summed E-state index contributed by atoms with van der Waals surface area (Å²) in [5, 5.41) is 15.2. The quantitative estimate of drug-likeness (QED) is 0.879. The van der Waals surface area contributed by atoms with Crippen molar-refractivity contribution in [2.45, 2.75) is 6.92 Å². The van der Waals surface area contributed by atoms with E-state index in [-0.39, 0.29) is 12.5 Å². The Kier molecular flexibility index (Phi) is 5.45. The smallest absolute Gasteiger partial charge is 0.243 e. The lowest BCUT2D eigenvalue weighted by Crippen LogP contribution is -2.22. The SMILES string of the molecule is COc1cc(Cl)c(C)cc1NCC(=O)Nc1cccc(C#N)c1. The van der Waals surface area contributed by atoms with E-state index in [2.05, 4.69) is 10.6 Å². The number of nitrogens with one attached hydrogen (secondary N) is 2. The second-order valence-corrected chi connectivity index (χ2v) is 5.30. The Morgan fingerprint density at radius 1 is 1.35 bits per heavy atom. The van der Waals surface area contributed by atoms with Crippen molar-refractivity contribution in [3.8, 4) is 11.8 Å². The summed E-state index contributed by atoms with van der Waals surface area (Å²) < 4.78 is 5.25. The van der Waals surface area contributed by atoms with Crippen LogP contribution in [0.3, 0.4) is 0 Å². The van der Waals surface area contributed by atoms with Crippen molar-refractivity contribution in [2.24, 2.45) is 0 Å². The average Bonchev–Trinajstić information content (AvgIpc) is 2.55. The van der Waals surface area contributed by atoms with Gasteiger partial charge in [-0.15, -0.1) is 0 Å². The molecule has 2 rings (SSSR count). The molecule has 5 nitrogen and oxygen atoms in total. The van der Waals surface area contributed by atoms with Gasteiger partial charge < -0.3 is 15.4 Å². The van der Waals surface area contributed by atoms with Crippen LogP contribution in [0.2, 0.25) is 5.02 Å². The number of ether oxygens (including phenoxy) is 1. The van der Waals surface area contributed by atoms with Crippen molar-refractivity contribution in [1.29, 1.82) is 5.26 Å². The number of nitrogens with zero attached hydrogens (tertiary/aromatic N) is 1. The lowest BCUT2D eigenvalue weighted by atomic mass is 10.2. The minimum absolute atomic E-state index is 0.0637. The predicted octanol–water partition coefficient (Wildman–Crippen LogP) is 3.58. The maximum atomic E-state index is 12.0. The summed E-state index contributed by atoms with van der Waals surface area (Å²) in [6.45, 7) is 1.94. The number of benzene rings is 2.